The molecule has 0 saturated carbocycles. The highest BCUT2D eigenvalue weighted by molar-refractivity contribution is 5.89. The number of carbonyl (C=O) groups excluding carboxylic acids is 1. The first kappa shape index (κ1) is 13.4. The van der Waals surface area contributed by atoms with E-state index in [-0.39, 0.29) is 11.4 Å². The Bertz CT molecular complexity index is 516. The van der Waals surface area contributed by atoms with Crippen molar-refractivity contribution in [1.29, 1.82) is 0 Å². The Hall–Kier alpha value is -2.71. The van der Waals surface area contributed by atoms with Crippen molar-refractivity contribution in [3.8, 4) is 0 Å². The fourth-order valence-electron chi connectivity index (χ4n) is 1.10. The van der Waals surface area contributed by atoms with E-state index in [1.54, 1.807) is 0 Å². The molecule has 0 fully saturated rings. The Morgan fingerprint density at radius 1 is 1.61 bits per heavy atom. The molecule has 0 saturated heterocycles. The smallest absolute Gasteiger partial charge is 0.337 e. The van der Waals surface area contributed by atoms with Crippen LogP contribution in [0.3, 0.4) is 0 Å². The first-order valence-electron chi connectivity index (χ1n) is 4.76. The summed E-state index contributed by atoms with van der Waals surface area (Å²) in [6, 6.07) is -0.0161. The van der Waals surface area contributed by atoms with Gasteiger partial charge in [-0.15, -0.1) is 0 Å². The zero-order valence-electron chi connectivity index (χ0n) is 9.28. The lowest BCUT2D eigenvalue weighted by Crippen LogP contribution is -2.33. The van der Waals surface area contributed by atoms with Crippen molar-refractivity contribution in [3.05, 3.63) is 27.9 Å². The number of anilines is 1. The van der Waals surface area contributed by atoms with Gasteiger partial charge in [0.15, 0.2) is 0 Å². The number of nitrogens with zero attached hydrogens (tertiary/aromatic N) is 2. The lowest BCUT2D eigenvalue weighted by atomic mass is 10.2. The third-order valence-corrected chi connectivity index (χ3v) is 2.09. The number of aromatic nitrogens is 1. The number of hydrogen-bond acceptors (Lipinski definition) is 6. The van der Waals surface area contributed by atoms with E-state index in [1.165, 1.54) is 6.92 Å². The van der Waals surface area contributed by atoms with Crippen LogP contribution >= 0.6 is 0 Å². The summed E-state index contributed by atoms with van der Waals surface area (Å²) in [5.41, 5.74) is 4.14. The van der Waals surface area contributed by atoms with Crippen LogP contribution in [0.5, 0.6) is 0 Å². The molecule has 96 valence electrons. The van der Waals surface area contributed by atoms with Gasteiger partial charge in [0.2, 0.25) is 11.7 Å². The van der Waals surface area contributed by atoms with Gasteiger partial charge < -0.3 is 16.2 Å². The standard InChI is InChI=1S/C9H10N4O5/c1-4(7(10)14)12-8-6(13(17)18)2-5(3-11-8)9(15)16/h2-4H,1H3,(H2,10,14)(H,11,12)(H,15,16). The van der Waals surface area contributed by atoms with Crippen LogP contribution in [0.4, 0.5) is 11.5 Å². The molecule has 1 heterocycles. The number of carboxylic acid groups (broad SMARTS) is 1. The van der Waals surface area contributed by atoms with Crippen LogP contribution in [-0.4, -0.2) is 32.9 Å². The molecule has 18 heavy (non-hydrogen) atoms. The van der Waals surface area contributed by atoms with Gasteiger partial charge in [-0.3, -0.25) is 14.9 Å². The van der Waals surface area contributed by atoms with E-state index < -0.39 is 28.5 Å². The molecule has 9 heteroatoms. The minimum Gasteiger partial charge on any atom is -0.478 e. The fourth-order valence-corrected chi connectivity index (χ4v) is 1.10. The van der Waals surface area contributed by atoms with E-state index in [9.17, 15) is 19.7 Å². The average Bonchev–Trinajstić information content (AvgIpc) is 2.28. The normalized spacial score (nSPS) is 11.6. The van der Waals surface area contributed by atoms with E-state index in [0.29, 0.717) is 0 Å². The molecule has 0 aromatic carbocycles. The van der Waals surface area contributed by atoms with E-state index in [2.05, 4.69) is 10.3 Å². The van der Waals surface area contributed by atoms with Crippen molar-refractivity contribution in [1.82, 2.24) is 4.98 Å². The molecule has 1 aromatic rings. The molecule has 4 N–H and O–H groups in total. The zero-order chi connectivity index (χ0) is 13.9. The maximum Gasteiger partial charge on any atom is 0.337 e. The van der Waals surface area contributed by atoms with Gasteiger partial charge in [-0.05, 0) is 6.92 Å². The summed E-state index contributed by atoms with van der Waals surface area (Å²) in [6.45, 7) is 1.40. The molecule has 0 bridgehead atoms. The summed E-state index contributed by atoms with van der Waals surface area (Å²) in [6.07, 6.45) is 0.950. The molecule has 9 nitrogen and oxygen atoms in total. The third-order valence-electron chi connectivity index (χ3n) is 2.09. The minimum absolute atomic E-state index is 0.212. The Kier molecular flexibility index (Phi) is 3.77. The number of primary amides is 1. The second kappa shape index (κ2) is 5.08. The van der Waals surface area contributed by atoms with Gasteiger partial charge in [0.05, 0.1) is 10.5 Å². The summed E-state index contributed by atoms with van der Waals surface area (Å²) in [4.78, 5) is 35.1. The summed E-state index contributed by atoms with van der Waals surface area (Å²) in [5.74, 6) is -2.26. The Labute approximate surface area is 101 Å². The number of nitro groups is 1. The SMILES string of the molecule is CC(Nc1ncc(C(=O)O)cc1[N+](=O)[O-])C(N)=O. The predicted octanol–water partition coefficient (Wildman–Crippen LogP) is -0.0263. The highest BCUT2D eigenvalue weighted by Gasteiger charge is 2.21. The molecule has 1 atom stereocenters. The average molecular weight is 254 g/mol. The summed E-state index contributed by atoms with van der Waals surface area (Å²) >= 11 is 0. The van der Waals surface area contributed by atoms with Crippen molar-refractivity contribution in [2.75, 3.05) is 5.32 Å². The van der Waals surface area contributed by atoms with E-state index in [0.717, 1.165) is 12.3 Å². The highest BCUT2D eigenvalue weighted by atomic mass is 16.6. The number of carboxylic acids is 1. The van der Waals surface area contributed by atoms with Crippen LogP contribution in [-0.2, 0) is 4.79 Å². The van der Waals surface area contributed by atoms with Gasteiger partial charge >= 0.3 is 11.7 Å². The second-order valence-corrected chi connectivity index (χ2v) is 3.42. The molecule has 0 aliphatic heterocycles. The maximum atomic E-state index is 10.8. The van der Waals surface area contributed by atoms with Crippen LogP contribution in [0, 0.1) is 10.1 Å². The van der Waals surface area contributed by atoms with Gasteiger partial charge in [0.25, 0.3) is 0 Å². The number of amides is 1. The highest BCUT2D eigenvalue weighted by Crippen LogP contribution is 2.23. The molecule has 0 radical (unpaired) electrons. The van der Waals surface area contributed by atoms with Crippen molar-refractivity contribution in [2.45, 2.75) is 13.0 Å². The molecule has 1 rings (SSSR count). The lowest BCUT2D eigenvalue weighted by molar-refractivity contribution is -0.384. The molecule has 0 aliphatic rings. The number of pyridine rings is 1. The van der Waals surface area contributed by atoms with Crippen LogP contribution in [0.2, 0.25) is 0 Å². The number of hydrogen-bond donors (Lipinski definition) is 3. The minimum atomic E-state index is -1.33. The van der Waals surface area contributed by atoms with Crippen molar-refractivity contribution >= 4 is 23.4 Å². The molecular formula is C9H10N4O5. The quantitative estimate of drug-likeness (QED) is 0.493. The van der Waals surface area contributed by atoms with Gasteiger partial charge in [0, 0.05) is 12.3 Å². The molecule has 1 amide bonds. The zero-order valence-corrected chi connectivity index (χ0v) is 9.28. The molecule has 0 spiro atoms. The summed E-state index contributed by atoms with van der Waals surface area (Å²) in [7, 11) is 0. The Balaban J connectivity index is 3.16. The number of nitrogens with one attached hydrogen (secondary N) is 1. The number of carbonyl (C=O) groups is 2. The van der Waals surface area contributed by atoms with Crippen LogP contribution in [0.15, 0.2) is 12.3 Å². The maximum absolute atomic E-state index is 10.8. The molecule has 0 aliphatic carbocycles. The van der Waals surface area contributed by atoms with E-state index in [1.807, 2.05) is 0 Å². The van der Waals surface area contributed by atoms with Crippen LogP contribution < -0.4 is 11.1 Å². The monoisotopic (exact) mass is 254 g/mol. The Morgan fingerprint density at radius 3 is 2.67 bits per heavy atom. The molecule has 1 unspecified atom stereocenters. The number of aromatic carboxylic acids is 1. The van der Waals surface area contributed by atoms with Gasteiger partial charge in [-0.25, -0.2) is 9.78 Å². The number of nitrogens with two attached hydrogens (primary N) is 1. The second-order valence-electron chi connectivity index (χ2n) is 3.42. The van der Waals surface area contributed by atoms with Crippen LogP contribution in [0.25, 0.3) is 0 Å². The Morgan fingerprint density at radius 2 is 2.22 bits per heavy atom. The van der Waals surface area contributed by atoms with Crippen molar-refractivity contribution in [3.63, 3.8) is 0 Å². The van der Waals surface area contributed by atoms with E-state index >= 15 is 0 Å². The topological polar surface area (TPSA) is 148 Å². The van der Waals surface area contributed by atoms with Gasteiger partial charge in [-0.2, -0.15) is 0 Å². The van der Waals surface area contributed by atoms with Gasteiger partial charge in [0.1, 0.15) is 6.04 Å². The fraction of sp³-hybridized carbons (Fsp3) is 0.222. The van der Waals surface area contributed by atoms with Gasteiger partial charge in [-0.1, -0.05) is 0 Å². The largest absolute Gasteiger partial charge is 0.478 e. The van der Waals surface area contributed by atoms with E-state index in [4.69, 9.17) is 10.8 Å². The number of rotatable bonds is 5. The van der Waals surface area contributed by atoms with Crippen molar-refractivity contribution in [2.24, 2.45) is 5.73 Å². The lowest BCUT2D eigenvalue weighted by Gasteiger charge is -2.10. The first-order chi connectivity index (χ1) is 8.32. The first-order valence-corrected chi connectivity index (χ1v) is 4.76. The molecule has 1 aromatic heterocycles. The summed E-state index contributed by atoms with van der Waals surface area (Å²) in [5, 5.41) is 21.9. The summed E-state index contributed by atoms with van der Waals surface area (Å²) < 4.78 is 0. The predicted molar refractivity (Wildman–Crippen MR) is 60.1 cm³/mol. The van der Waals surface area contributed by atoms with Crippen molar-refractivity contribution < 1.29 is 19.6 Å². The van der Waals surface area contributed by atoms with Crippen LogP contribution in [0.1, 0.15) is 17.3 Å². The molecular weight excluding hydrogens is 244 g/mol. The third kappa shape index (κ3) is 2.90.